The van der Waals surface area contributed by atoms with E-state index in [-0.39, 0.29) is 5.91 Å². The van der Waals surface area contributed by atoms with E-state index >= 15 is 0 Å². The highest BCUT2D eigenvalue weighted by Gasteiger charge is 2.27. The van der Waals surface area contributed by atoms with Crippen molar-refractivity contribution < 1.29 is 19.1 Å². The van der Waals surface area contributed by atoms with Crippen LogP contribution >= 0.6 is 0 Å². The van der Waals surface area contributed by atoms with Crippen LogP contribution in [0.2, 0.25) is 0 Å². The average Bonchev–Trinajstić information content (AvgIpc) is 2.93. The molecule has 0 saturated carbocycles. The Labute approximate surface area is 144 Å². The summed E-state index contributed by atoms with van der Waals surface area (Å²) in [6.07, 6.45) is 1.48. The Balaban J connectivity index is 1.71. The summed E-state index contributed by atoms with van der Waals surface area (Å²) >= 11 is 0. The van der Waals surface area contributed by atoms with E-state index in [2.05, 4.69) is 4.98 Å². The molecule has 0 fully saturated rings. The monoisotopic (exact) mass is 339 g/mol. The molecule has 7 heteroatoms. The quantitative estimate of drug-likeness (QED) is 0.779. The number of carbonyl (C=O) groups is 2. The molecule has 4 rings (SSSR count). The van der Waals surface area contributed by atoms with Gasteiger partial charge in [0.15, 0.2) is 11.6 Å². The summed E-state index contributed by atoms with van der Waals surface area (Å²) in [5.41, 5.74) is 3.05. The highest BCUT2D eigenvalue weighted by molar-refractivity contribution is 5.98. The highest BCUT2D eigenvalue weighted by Crippen LogP contribution is 2.37. The molecule has 0 bridgehead atoms. The van der Waals surface area contributed by atoms with Crippen LogP contribution in [0.25, 0.3) is 0 Å². The standard InChI is InChI=1S/C18H17N3O4/c1-20-10-12-7-13(3-4-14(12)17(20)22)21-5-6-25-15-8-11(18(23)24-2)9-19-16(15)21/h3-4,7-9H,5-6,10H2,1-2H3. The van der Waals surface area contributed by atoms with E-state index in [1.165, 1.54) is 13.3 Å². The number of hydrogen-bond acceptors (Lipinski definition) is 6. The number of pyridine rings is 1. The van der Waals surface area contributed by atoms with E-state index in [1.54, 1.807) is 18.0 Å². The highest BCUT2D eigenvalue weighted by atomic mass is 16.5. The third-order valence-electron chi connectivity index (χ3n) is 4.47. The number of rotatable bonds is 2. The van der Waals surface area contributed by atoms with Gasteiger partial charge in [-0.2, -0.15) is 0 Å². The molecule has 128 valence electrons. The number of anilines is 2. The van der Waals surface area contributed by atoms with E-state index < -0.39 is 5.97 Å². The van der Waals surface area contributed by atoms with Gasteiger partial charge in [-0.25, -0.2) is 9.78 Å². The molecule has 1 aromatic heterocycles. The van der Waals surface area contributed by atoms with Crippen molar-refractivity contribution in [2.45, 2.75) is 6.54 Å². The van der Waals surface area contributed by atoms with Crippen molar-refractivity contribution in [1.82, 2.24) is 9.88 Å². The van der Waals surface area contributed by atoms with Gasteiger partial charge in [0.25, 0.3) is 5.91 Å². The van der Waals surface area contributed by atoms with E-state index in [0.717, 1.165) is 16.8 Å². The Morgan fingerprint density at radius 1 is 1.32 bits per heavy atom. The minimum Gasteiger partial charge on any atom is -0.488 e. The molecule has 2 aromatic rings. The zero-order valence-corrected chi connectivity index (χ0v) is 14.0. The van der Waals surface area contributed by atoms with Crippen LogP contribution in [0.3, 0.4) is 0 Å². The summed E-state index contributed by atoms with van der Waals surface area (Å²) in [6, 6.07) is 7.43. The van der Waals surface area contributed by atoms with Crippen molar-refractivity contribution in [3.63, 3.8) is 0 Å². The van der Waals surface area contributed by atoms with Gasteiger partial charge in [-0.05, 0) is 23.8 Å². The minimum absolute atomic E-state index is 0.0461. The van der Waals surface area contributed by atoms with Crippen molar-refractivity contribution >= 4 is 23.4 Å². The first-order valence-electron chi connectivity index (χ1n) is 7.95. The number of aromatic nitrogens is 1. The molecule has 1 amide bonds. The Kier molecular flexibility index (Phi) is 3.56. The molecule has 7 nitrogen and oxygen atoms in total. The van der Waals surface area contributed by atoms with Crippen molar-refractivity contribution in [2.75, 3.05) is 32.2 Å². The van der Waals surface area contributed by atoms with Gasteiger partial charge in [0, 0.05) is 37.1 Å². The summed E-state index contributed by atoms with van der Waals surface area (Å²) in [6.45, 7) is 1.73. The number of hydrogen-bond donors (Lipinski definition) is 0. The van der Waals surface area contributed by atoms with Crippen molar-refractivity contribution in [1.29, 1.82) is 0 Å². The Bertz CT molecular complexity index is 881. The number of methoxy groups -OCH3 is 1. The lowest BCUT2D eigenvalue weighted by molar-refractivity contribution is 0.0599. The lowest BCUT2D eigenvalue weighted by atomic mass is 10.1. The van der Waals surface area contributed by atoms with Gasteiger partial charge in [-0.15, -0.1) is 0 Å². The first-order chi connectivity index (χ1) is 12.1. The molecule has 0 spiro atoms. The topological polar surface area (TPSA) is 72.0 Å². The Hall–Kier alpha value is -3.09. The van der Waals surface area contributed by atoms with Gasteiger partial charge in [-0.1, -0.05) is 0 Å². The second kappa shape index (κ2) is 5.77. The fraction of sp³-hybridized carbons (Fsp3) is 0.278. The minimum atomic E-state index is -0.449. The molecular formula is C18H17N3O4. The van der Waals surface area contributed by atoms with Crippen LogP contribution in [0.4, 0.5) is 11.5 Å². The fourth-order valence-corrected chi connectivity index (χ4v) is 3.20. The average molecular weight is 339 g/mol. The number of nitrogens with zero attached hydrogens (tertiary/aromatic N) is 3. The molecule has 0 atom stereocenters. The van der Waals surface area contributed by atoms with Crippen molar-refractivity contribution in [2.24, 2.45) is 0 Å². The fourth-order valence-electron chi connectivity index (χ4n) is 3.20. The maximum atomic E-state index is 12.0. The third-order valence-corrected chi connectivity index (χ3v) is 4.47. The van der Waals surface area contributed by atoms with Crippen LogP contribution in [0, 0.1) is 0 Å². The molecule has 0 unspecified atom stereocenters. The summed E-state index contributed by atoms with van der Waals surface area (Å²) in [5, 5.41) is 0. The molecule has 2 aliphatic heterocycles. The Morgan fingerprint density at radius 2 is 2.16 bits per heavy atom. The maximum Gasteiger partial charge on any atom is 0.339 e. The Morgan fingerprint density at radius 3 is 2.96 bits per heavy atom. The van der Waals surface area contributed by atoms with Gasteiger partial charge >= 0.3 is 5.97 Å². The number of fused-ring (bicyclic) bond motifs is 2. The first kappa shape index (κ1) is 15.4. The van der Waals surface area contributed by atoms with Crippen LogP contribution < -0.4 is 9.64 Å². The largest absolute Gasteiger partial charge is 0.488 e. The number of amides is 1. The molecule has 3 heterocycles. The number of benzene rings is 1. The van der Waals surface area contributed by atoms with E-state index in [4.69, 9.17) is 9.47 Å². The molecule has 1 aromatic carbocycles. The SMILES string of the molecule is COC(=O)c1cnc2c(c1)OCCN2c1ccc2c(c1)CN(C)C2=O. The summed E-state index contributed by atoms with van der Waals surface area (Å²) in [7, 11) is 3.12. The van der Waals surface area contributed by atoms with E-state index in [1.807, 2.05) is 23.1 Å². The van der Waals surface area contributed by atoms with Crippen LogP contribution in [0.1, 0.15) is 26.3 Å². The van der Waals surface area contributed by atoms with E-state index in [9.17, 15) is 9.59 Å². The lowest BCUT2D eigenvalue weighted by Gasteiger charge is -2.30. The molecule has 0 aliphatic carbocycles. The summed E-state index contributed by atoms with van der Waals surface area (Å²) in [5.74, 6) is 0.791. The van der Waals surface area contributed by atoms with Crippen LogP contribution in [-0.4, -0.2) is 49.1 Å². The van der Waals surface area contributed by atoms with Crippen molar-refractivity contribution in [3.05, 3.63) is 47.2 Å². The lowest BCUT2D eigenvalue weighted by Crippen LogP contribution is -2.29. The number of carbonyl (C=O) groups excluding carboxylic acids is 2. The van der Waals surface area contributed by atoms with Crippen LogP contribution in [0.15, 0.2) is 30.5 Å². The normalized spacial score (nSPS) is 15.5. The molecular weight excluding hydrogens is 322 g/mol. The van der Waals surface area contributed by atoms with Gasteiger partial charge in [0.1, 0.15) is 6.61 Å². The second-order valence-electron chi connectivity index (χ2n) is 6.04. The summed E-state index contributed by atoms with van der Waals surface area (Å²) in [4.78, 5) is 31.8. The van der Waals surface area contributed by atoms with Gasteiger partial charge < -0.3 is 19.3 Å². The predicted octanol–water partition coefficient (Wildman–Crippen LogP) is 1.98. The number of esters is 1. The van der Waals surface area contributed by atoms with Gasteiger partial charge in [-0.3, -0.25) is 4.79 Å². The number of ether oxygens (including phenoxy) is 2. The van der Waals surface area contributed by atoms with Crippen LogP contribution in [0.5, 0.6) is 5.75 Å². The van der Waals surface area contributed by atoms with E-state index in [0.29, 0.717) is 36.8 Å². The molecule has 0 saturated heterocycles. The molecule has 0 radical (unpaired) electrons. The molecule has 2 aliphatic rings. The maximum absolute atomic E-state index is 12.0. The predicted molar refractivity (Wildman–Crippen MR) is 90.3 cm³/mol. The van der Waals surface area contributed by atoms with Crippen LogP contribution in [-0.2, 0) is 11.3 Å². The first-order valence-corrected chi connectivity index (χ1v) is 7.95. The molecule has 25 heavy (non-hydrogen) atoms. The zero-order valence-electron chi connectivity index (χ0n) is 14.0. The van der Waals surface area contributed by atoms with Gasteiger partial charge in [0.2, 0.25) is 0 Å². The summed E-state index contributed by atoms with van der Waals surface area (Å²) < 4.78 is 10.4. The third kappa shape index (κ3) is 2.48. The van der Waals surface area contributed by atoms with Gasteiger partial charge in [0.05, 0.1) is 19.2 Å². The van der Waals surface area contributed by atoms with Crippen molar-refractivity contribution in [3.8, 4) is 5.75 Å². The smallest absolute Gasteiger partial charge is 0.339 e. The second-order valence-corrected chi connectivity index (χ2v) is 6.04. The molecule has 0 N–H and O–H groups in total. The zero-order chi connectivity index (χ0) is 17.6.